The van der Waals surface area contributed by atoms with Gasteiger partial charge in [-0.1, -0.05) is 0 Å². The molecule has 12 heteroatoms. The minimum Gasteiger partial charge on any atom is -0.411 e. The van der Waals surface area contributed by atoms with Crippen LogP contribution in [0.15, 0.2) is 32.4 Å². The van der Waals surface area contributed by atoms with Gasteiger partial charge in [0.15, 0.2) is 11.1 Å². The Kier molecular flexibility index (Phi) is 4.47. The van der Waals surface area contributed by atoms with Crippen molar-refractivity contribution in [1.29, 1.82) is 0 Å². The maximum atomic E-state index is 13.2. The van der Waals surface area contributed by atoms with Crippen LogP contribution in [0.3, 0.4) is 0 Å². The second kappa shape index (κ2) is 6.44. The SMILES string of the molecule is C=[N+](O)c1cnc(Sc2nnc(-c3c(C(F)(F)F)ccnc3C)o2)s1. The molecule has 0 aliphatic carbocycles. The predicted octanol–water partition coefficient (Wildman–Crippen LogP) is 3.80. The molecule has 0 spiro atoms. The molecule has 25 heavy (non-hydrogen) atoms. The van der Waals surface area contributed by atoms with Crippen molar-refractivity contribution in [2.24, 2.45) is 0 Å². The van der Waals surface area contributed by atoms with Gasteiger partial charge in [-0.15, -0.1) is 10.2 Å². The third-order valence-electron chi connectivity index (χ3n) is 2.97. The van der Waals surface area contributed by atoms with Gasteiger partial charge >= 0.3 is 11.2 Å². The Morgan fingerprint density at radius 2 is 2.08 bits per heavy atom. The Balaban J connectivity index is 1.93. The Morgan fingerprint density at radius 1 is 1.32 bits per heavy atom. The van der Waals surface area contributed by atoms with Crippen molar-refractivity contribution < 1.29 is 27.5 Å². The molecule has 0 bridgehead atoms. The smallest absolute Gasteiger partial charge is 0.411 e. The fourth-order valence-electron chi connectivity index (χ4n) is 1.92. The summed E-state index contributed by atoms with van der Waals surface area (Å²) < 4.78 is 46.0. The van der Waals surface area contributed by atoms with E-state index in [1.165, 1.54) is 13.1 Å². The van der Waals surface area contributed by atoms with Gasteiger partial charge in [0.1, 0.15) is 6.20 Å². The molecule has 3 aromatic heterocycles. The number of hydrogen-bond acceptors (Lipinski definition) is 8. The number of hydrogen-bond donors (Lipinski definition) is 1. The lowest BCUT2D eigenvalue weighted by molar-refractivity contribution is -0.703. The molecule has 0 aliphatic heterocycles. The van der Waals surface area contributed by atoms with Gasteiger partial charge < -0.3 is 4.42 Å². The first-order valence-electron chi connectivity index (χ1n) is 6.55. The van der Waals surface area contributed by atoms with Crippen LogP contribution in [-0.2, 0) is 6.18 Å². The summed E-state index contributed by atoms with van der Waals surface area (Å²) in [5, 5.41) is 17.0. The minimum atomic E-state index is -4.58. The lowest BCUT2D eigenvalue weighted by Crippen LogP contribution is -2.09. The van der Waals surface area contributed by atoms with Crippen LogP contribution in [-0.4, -0.2) is 36.8 Å². The Morgan fingerprint density at radius 3 is 2.72 bits per heavy atom. The van der Waals surface area contributed by atoms with E-state index in [0.717, 1.165) is 35.4 Å². The third kappa shape index (κ3) is 3.64. The van der Waals surface area contributed by atoms with E-state index in [-0.39, 0.29) is 22.4 Å². The summed E-state index contributed by atoms with van der Waals surface area (Å²) in [6, 6.07) is 0.858. The van der Waals surface area contributed by atoms with E-state index in [9.17, 15) is 18.4 Å². The molecule has 0 amide bonds. The van der Waals surface area contributed by atoms with Crippen molar-refractivity contribution in [3.63, 3.8) is 0 Å². The van der Waals surface area contributed by atoms with E-state index in [1.807, 2.05) is 0 Å². The van der Waals surface area contributed by atoms with Crippen molar-refractivity contribution in [2.45, 2.75) is 22.7 Å². The molecule has 3 aromatic rings. The maximum Gasteiger partial charge on any atom is 0.417 e. The average Bonchev–Trinajstić information content (AvgIpc) is 3.16. The first-order chi connectivity index (χ1) is 11.8. The molecule has 0 radical (unpaired) electrons. The lowest BCUT2D eigenvalue weighted by atomic mass is 10.1. The van der Waals surface area contributed by atoms with Crippen LogP contribution < -0.4 is 0 Å². The largest absolute Gasteiger partial charge is 0.417 e. The highest BCUT2D eigenvalue weighted by molar-refractivity contribution is 8.00. The van der Waals surface area contributed by atoms with Crippen LogP contribution in [0.1, 0.15) is 11.3 Å². The molecule has 3 heterocycles. The van der Waals surface area contributed by atoms with Crippen molar-refractivity contribution in [3.05, 3.63) is 29.7 Å². The van der Waals surface area contributed by atoms with Crippen LogP contribution in [0.2, 0.25) is 0 Å². The molecule has 0 unspecified atom stereocenters. The molecule has 0 saturated carbocycles. The number of nitrogens with zero attached hydrogens (tertiary/aromatic N) is 5. The topological polar surface area (TPSA) is 87.9 Å². The van der Waals surface area contributed by atoms with Crippen LogP contribution in [0, 0.1) is 6.92 Å². The van der Waals surface area contributed by atoms with Gasteiger partial charge in [-0.25, -0.2) is 4.98 Å². The lowest BCUT2D eigenvalue weighted by Gasteiger charge is -2.11. The van der Waals surface area contributed by atoms with E-state index < -0.39 is 11.7 Å². The van der Waals surface area contributed by atoms with Crippen LogP contribution in [0.4, 0.5) is 18.2 Å². The molecule has 7 nitrogen and oxygen atoms in total. The van der Waals surface area contributed by atoms with Gasteiger partial charge in [-0.05, 0) is 24.3 Å². The average molecular weight is 388 g/mol. The summed E-state index contributed by atoms with van der Waals surface area (Å²) in [5.41, 5.74) is -1.03. The van der Waals surface area contributed by atoms with Gasteiger partial charge in [0, 0.05) is 22.7 Å². The molecular formula is C13H9F3N5O2S2+. The summed E-state index contributed by atoms with van der Waals surface area (Å²) in [5.74, 6) is -0.279. The van der Waals surface area contributed by atoms with E-state index in [2.05, 4.69) is 26.9 Å². The Hall–Kier alpha value is -2.47. The third-order valence-corrected chi connectivity index (χ3v) is 4.89. The van der Waals surface area contributed by atoms with E-state index in [0.29, 0.717) is 14.1 Å². The van der Waals surface area contributed by atoms with E-state index >= 15 is 0 Å². The molecule has 0 fully saturated rings. The molecule has 0 atom stereocenters. The molecule has 1 N–H and O–H groups in total. The quantitative estimate of drug-likeness (QED) is 0.315. The number of aryl methyl sites for hydroxylation is 1. The molecule has 130 valence electrons. The standard InChI is InChI=1S/C13H9F3N5O2S2/c1-6-9(7(3-4-17-6)13(14,15)16)10-19-20-11(23-10)25-12-18-5-8(24-12)21(2)22/h3-5,22H,2H2,1H3/q+1. The van der Waals surface area contributed by atoms with Gasteiger partial charge in [-0.2, -0.15) is 13.2 Å². The highest BCUT2D eigenvalue weighted by atomic mass is 32.2. The first-order valence-corrected chi connectivity index (χ1v) is 8.19. The molecule has 0 aromatic carbocycles. The molecule has 0 aliphatic rings. The number of aromatic nitrogens is 4. The molecule has 3 rings (SSSR count). The highest BCUT2D eigenvalue weighted by Crippen LogP contribution is 2.39. The zero-order valence-electron chi connectivity index (χ0n) is 12.5. The number of pyridine rings is 1. The predicted molar refractivity (Wildman–Crippen MR) is 82.3 cm³/mol. The summed E-state index contributed by atoms with van der Waals surface area (Å²) in [6.07, 6.45) is -2.12. The Labute approximate surface area is 146 Å². The normalized spacial score (nSPS) is 11.7. The molecule has 0 saturated heterocycles. The second-order valence-corrected chi connectivity index (χ2v) is 6.86. The van der Waals surface area contributed by atoms with Crippen LogP contribution >= 0.6 is 23.1 Å². The highest BCUT2D eigenvalue weighted by Gasteiger charge is 2.36. The second-order valence-electron chi connectivity index (χ2n) is 4.66. The van der Waals surface area contributed by atoms with Gasteiger partial charge in [-0.3, -0.25) is 10.2 Å². The number of thiazole rings is 1. The maximum absolute atomic E-state index is 13.2. The fourth-order valence-corrected chi connectivity index (χ4v) is 3.50. The zero-order chi connectivity index (χ0) is 18.2. The summed E-state index contributed by atoms with van der Waals surface area (Å²) in [4.78, 5) is 7.87. The van der Waals surface area contributed by atoms with Gasteiger partial charge in [0.25, 0.3) is 11.1 Å². The summed E-state index contributed by atoms with van der Waals surface area (Å²) in [6.45, 7) is 4.73. The van der Waals surface area contributed by atoms with Crippen molar-refractivity contribution in [3.8, 4) is 11.5 Å². The van der Waals surface area contributed by atoms with Crippen molar-refractivity contribution in [2.75, 3.05) is 0 Å². The number of rotatable bonds is 4. The first kappa shape index (κ1) is 17.4. The fraction of sp³-hybridized carbons (Fsp3) is 0.154. The number of alkyl halides is 3. The van der Waals surface area contributed by atoms with E-state index in [4.69, 9.17) is 4.42 Å². The van der Waals surface area contributed by atoms with Crippen molar-refractivity contribution >= 4 is 34.8 Å². The van der Waals surface area contributed by atoms with Crippen LogP contribution in [0.25, 0.3) is 11.5 Å². The monoisotopic (exact) mass is 388 g/mol. The summed E-state index contributed by atoms with van der Waals surface area (Å²) >= 11 is 2.06. The van der Waals surface area contributed by atoms with E-state index in [1.54, 1.807) is 0 Å². The molecular weight excluding hydrogens is 379 g/mol. The summed E-state index contributed by atoms with van der Waals surface area (Å²) in [7, 11) is 0. The zero-order valence-corrected chi connectivity index (χ0v) is 14.1. The van der Waals surface area contributed by atoms with Crippen LogP contribution in [0.5, 0.6) is 0 Å². The minimum absolute atomic E-state index is 0.0147. The van der Waals surface area contributed by atoms with Gasteiger partial charge in [0.2, 0.25) is 0 Å². The Bertz CT molecular complexity index is 938. The van der Waals surface area contributed by atoms with Crippen molar-refractivity contribution in [1.82, 2.24) is 20.2 Å². The number of halogens is 3. The van der Waals surface area contributed by atoms with Gasteiger partial charge in [0.05, 0.1) is 16.8 Å².